The molecule has 38 heavy (non-hydrogen) atoms. The van der Waals surface area contributed by atoms with Crippen LogP contribution in [0.25, 0.3) is 11.1 Å². The van der Waals surface area contributed by atoms with Crippen LogP contribution in [0.5, 0.6) is 0 Å². The summed E-state index contributed by atoms with van der Waals surface area (Å²) in [6.07, 6.45) is 3.77. The van der Waals surface area contributed by atoms with Crippen LogP contribution in [0.4, 0.5) is 11.4 Å². The number of nitrogens with zero attached hydrogens (tertiary/aromatic N) is 3. The zero-order chi connectivity index (χ0) is 26.8. The average Bonchev–Trinajstić information content (AvgIpc) is 3.28. The number of morpholine rings is 1. The molecule has 0 spiro atoms. The van der Waals surface area contributed by atoms with Crippen LogP contribution in [0, 0.1) is 5.92 Å². The second-order valence-corrected chi connectivity index (χ2v) is 9.50. The van der Waals surface area contributed by atoms with Crippen LogP contribution in [0.3, 0.4) is 0 Å². The molecule has 2 fully saturated rings. The van der Waals surface area contributed by atoms with E-state index >= 15 is 0 Å². The molecule has 198 valence electrons. The number of halogens is 1. The third-order valence-corrected chi connectivity index (χ3v) is 6.95. The number of furan rings is 1. The Morgan fingerprint density at radius 1 is 1.08 bits per heavy atom. The number of hydrogen-bond donors (Lipinski definition) is 3. The van der Waals surface area contributed by atoms with E-state index in [2.05, 4.69) is 20.6 Å². The smallest absolute Gasteiger partial charge is 0.354 e. The maximum atomic E-state index is 13.3. The number of aromatic nitrogens is 2. The molecule has 2 aliphatic rings. The predicted octanol–water partition coefficient (Wildman–Crippen LogP) is 3.18. The first-order valence-electron chi connectivity index (χ1n) is 12.1. The van der Waals surface area contributed by atoms with Crippen molar-refractivity contribution in [1.29, 1.82) is 0 Å². The average molecular weight is 542 g/mol. The fourth-order valence-electron chi connectivity index (χ4n) is 4.80. The second kappa shape index (κ2) is 10.8. The van der Waals surface area contributed by atoms with E-state index in [-0.39, 0.29) is 63.8 Å². The number of carboxylic acids is 1. The fraction of sp³-hybridized carbons (Fsp3) is 0.360. The van der Waals surface area contributed by atoms with E-state index in [1.165, 1.54) is 24.4 Å². The molecule has 1 saturated carbocycles. The van der Waals surface area contributed by atoms with Gasteiger partial charge in [0.2, 0.25) is 17.6 Å². The van der Waals surface area contributed by atoms with Crippen molar-refractivity contribution >= 4 is 57.8 Å². The number of amides is 3. The van der Waals surface area contributed by atoms with Crippen molar-refractivity contribution in [1.82, 2.24) is 14.9 Å². The van der Waals surface area contributed by atoms with Crippen molar-refractivity contribution < 1.29 is 33.4 Å². The lowest BCUT2D eigenvalue weighted by molar-refractivity contribution is -0.146. The highest BCUT2D eigenvalue weighted by Gasteiger charge is 2.34. The summed E-state index contributed by atoms with van der Waals surface area (Å²) in [6.45, 7) is 1.12. The minimum Gasteiger partial charge on any atom is -0.477 e. The third-order valence-electron chi connectivity index (χ3n) is 6.72. The maximum Gasteiger partial charge on any atom is 0.354 e. The highest BCUT2D eigenvalue weighted by atomic mass is 35.5. The Hall–Kier alpha value is -4.03. The molecule has 4 heterocycles. The molecule has 0 bridgehead atoms. The number of rotatable bonds is 6. The minimum absolute atomic E-state index is 0.0157. The van der Waals surface area contributed by atoms with E-state index in [1.54, 1.807) is 6.07 Å². The molecule has 0 aromatic carbocycles. The Morgan fingerprint density at radius 2 is 1.87 bits per heavy atom. The van der Waals surface area contributed by atoms with Crippen LogP contribution < -0.4 is 10.6 Å². The number of anilines is 2. The summed E-state index contributed by atoms with van der Waals surface area (Å²) in [4.78, 5) is 59.9. The number of fused-ring (bicyclic) bond motifs is 1. The van der Waals surface area contributed by atoms with Crippen LogP contribution >= 0.6 is 11.6 Å². The van der Waals surface area contributed by atoms with Gasteiger partial charge >= 0.3 is 5.97 Å². The molecule has 0 radical (unpaired) electrons. The molecule has 1 aliphatic heterocycles. The molecule has 12 nitrogen and oxygen atoms in total. The van der Waals surface area contributed by atoms with Crippen molar-refractivity contribution in [2.24, 2.45) is 5.92 Å². The van der Waals surface area contributed by atoms with Gasteiger partial charge in [-0.15, -0.1) is 0 Å². The largest absolute Gasteiger partial charge is 0.477 e. The monoisotopic (exact) mass is 541 g/mol. The third kappa shape index (κ3) is 5.31. The summed E-state index contributed by atoms with van der Waals surface area (Å²) in [6, 6.07) is 5.73. The van der Waals surface area contributed by atoms with Crippen LogP contribution in [0.2, 0.25) is 5.15 Å². The molecule has 13 heteroatoms. The Morgan fingerprint density at radius 3 is 2.55 bits per heavy atom. The molecule has 3 amide bonds. The Kier molecular flexibility index (Phi) is 7.25. The minimum atomic E-state index is -1.26. The van der Waals surface area contributed by atoms with Gasteiger partial charge in [-0.1, -0.05) is 11.6 Å². The van der Waals surface area contributed by atoms with Gasteiger partial charge in [0, 0.05) is 18.5 Å². The molecule has 1 aliphatic carbocycles. The molecular formula is C25H24ClN5O7. The first-order chi connectivity index (χ1) is 18.3. The SMILES string of the molecule is O=C(O)c1ccc2oc(C(=O)Nc3ccc(Cl)nc3)c(NC(=O)[C@H]3CC[C@H](N4CCOCC4=O)CC3)c2n1. The topological polar surface area (TPSA) is 164 Å². The van der Waals surface area contributed by atoms with Crippen LogP contribution in [0.1, 0.15) is 46.7 Å². The fourth-order valence-corrected chi connectivity index (χ4v) is 4.91. The molecule has 3 aromatic rings. The molecule has 3 aromatic heterocycles. The van der Waals surface area contributed by atoms with Gasteiger partial charge in [-0.25, -0.2) is 14.8 Å². The van der Waals surface area contributed by atoms with E-state index in [0.29, 0.717) is 44.5 Å². The normalized spacial score (nSPS) is 19.8. The number of pyridine rings is 2. The first-order valence-corrected chi connectivity index (χ1v) is 12.5. The molecule has 1 saturated heterocycles. The van der Waals surface area contributed by atoms with Gasteiger partial charge in [0.05, 0.1) is 18.5 Å². The Bertz CT molecular complexity index is 1400. The van der Waals surface area contributed by atoms with E-state index in [1.807, 2.05) is 4.90 Å². The summed E-state index contributed by atoms with van der Waals surface area (Å²) in [7, 11) is 0. The van der Waals surface area contributed by atoms with Gasteiger partial charge in [-0.2, -0.15) is 0 Å². The maximum absolute atomic E-state index is 13.3. The number of carbonyl (C=O) groups is 4. The number of ether oxygens (including phenoxy) is 1. The number of carboxylic acid groups (broad SMARTS) is 1. The summed E-state index contributed by atoms with van der Waals surface area (Å²) in [5.41, 5.74) is 0.244. The molecule has 0 atom stereocenters. The highest BCUT2D eigenvalue weighted by molar-refractivity contribution is 6.29. The van der Waals surface area contributed by atoms with E-state index in [4.69, 9.17) is 20.8 Å². The zero-order valence-corrected chi connectivity index (χ0v) is 20.9. The lowest BCUT2D eigenvalue weighted by atomic mass is 9.84. The summed E-state index contributed by atoms with van der Waals surface area (Å²) >= 11 is 5.80. The quantitative estimate of drug-likeness (QED) is 0.397. The zero-order valence-electron chi connectivity index (χ0n) is 20.1. The summed E-state index contributed by atoms with van der Waals surface area (Å²) < 4.78 is 10.9. The van der Waals surface area contributed by atoms with Crippen LogP contribution in [0.15, 0.2) is 34.9 Å². The molecule has 5 rings (SSSR count). The number of aromatic carboxylic acids is 1. The van der Waals surface area contributed by atoms with Crippen molar-refractivity contribution in [2.45, 2.75) is 31.7 Å². The van der Waals surface area contributed by atoms with Gasteiger partial charge in [-0.3, -0.25) is 14.4 Å². The van der Waals surface area contributed by atoms with Crippen molar-refractivity contribution in [3.63, 3.8) is 0 Å². The molecule has 0 unspecified atom stereocenters. The second-order valence-electron chi connectivity index (χ2n) is 9.11. The van der Waals surface area contributed by atoms with Crippen molar-refractivity contribution in [3.05, 3.63) is 47.1 Å². The van der Waals surface area contributed by atoms with Gasteiger partial charge in [0.1, 0.15) is 28.7 Å². The number of nitrogens with one attached hydrogen (secondary N) is 2. The first kappa shape index (κ1) is 25.6. The predicted molar refractivity (Wildman–Crippen MR) is 135 cm³/mol. The van der Waals surface area contributed by atoms with Gasteiger partial charge in [0.25, 0.3) is 5.91 Å². The molecular weight excluding hydrogens is 518 g/mol. The molecule has 3 N–H and O–H groups in total. The van der Waals surface area contributed by atoms with Gasteiger partial charge < -0.3 is 29.8 Å². The number of hydrogen-bond acceptors (Lipinski definition) is 8. The Balaban J connectivity index is 1.37. The van der Waals surface area contributed by atoms with Crippen LogP contribution in [-0.4, -0.2) is 69.5 Å². The van der Waals surface area contributed by atoms with Crippen molar-refractivity contribution in [2.75, 3.05) is 30.4 Å². The lowest BCUT2D eigenvalue weighted by Gasteiger charge is -2.38. The van der Waals surface area contributed by atoms with E-state index in [9.17, 15) is 24.3 Å². The Labute approximate surface area is 221 Å². The van der Waals surface area contributed by atoms with Gasteiger partial charge in [0.15, 0.2) is 5.58 Å². The standard InChI is InChI=1S/C25H24ClN5O7/c26-18-8-3-14(11-27-18)28-24(34)22-21(20-17(38-22)7-6-16(29-20)25(35)36)30-23(33)13-1-4-15(5-2-13)31-9-10-37-12-19(31)32/h3,6-8,11,13,15H,1-2,4-5,9-10,12H2,(H,28,34)(H,30,33)(H,35,36)/t13-,15-. The number of carbonyl (C=O) groups excluding carboxylic acids is 3. The van der Waals surface area contributed by atoms with Gasteiger partial charge in [-0.05, 0) is 49.9 Å². The van der Waals surface area contributed by atoms with Crippen molar-refractivity contribution in [3.8, 4) is 0 Å². The van der Waals surface area contributed by atoms with Crippen LogP contribution in [-0.2, 0) is 14.3 Å². The van der Waals surface area contributed by atoms with E-state index < -0.39 is 11.9 Å². The lowest BCUT2D eigenvalue weighted by Crippen LogP contribution is -2.49. The van der Waals surface area contributed by atoms with E-state index in [0.717, 1.165) is 0 Å². The summed E-state index contributed by atoms with van der Waals surface area (Å²) in [5.74, 6) is -2.93. The summed E-state index contributed by atoms with van der Waals surface area (Å²) in [5, 5.41) is 15.0. The highest BCUT2D eigenvalue weighted by Crippen LogP contribution is 2.34.